The normalized spacial score (nSPS) is 31.6. The maximum absolute atomic E-state index is 14.1. The first-order chi connectivity index (χ1) is 18.7. The van der Waals surface area contributed by atoms with E-state index in [1.165, 1.54) is 0 Å². The number of aliphatic hydroxyl groups is 2. The summed E-state index contributed by atoms with van der Waals surface area (Å²) in [5.41, 5.74) is -5.21. The van der Waals surface area contributed by atoms with Gasteiger partial charge in [-0.15, -0.1) is 0 Å². The SMILES string of the molecule is CC(O)CN1C(=O)C2(CC(C)(C)N(CC(O)CN3C(=O)C4(CC(C)(C)NC(C)(C)C4)OC3(C)C)C(C)(C)C2)OC1(C)C. The van der Waals surface area contributed by atoms with Gasteiger partial charge in [-0.1, -0.05) is 0 Å². The van der Waals surface area contributed by atoms with Crippen molar-refractivity contribution in [3.05, 3.63) is 0 Å². The molecular weight excluding hydrogens is 536 g/mol. The van der Waals surface area contributed by atoms with Crippen molar-refractivity contribution in [3.8, 4) is 0 Å². The van der Waals surface area contributed by atoms with Gasteiger partial charge in [-0.25, -0.2) is 0 Å². The van der Waals surface area contributed by atoms with E-state index in [2.05, 4.69) is 65.6 Å². The fourth-order valence-corrected chi connectivity index (χ4v) is 9.39. The lowest BCUT2D eigenvalue weighted by Gasteiger charge is -2.58. The van der Waals surface area contributed by atoms with E-state index in [4.69, 9.17) is 9.47 Å². The summed E-state index contributed by atoms with van der Waals surface area (Å²) >= 11 is 0. The number of amides is 2. The van der Waals surface area contributed by atoms with E-state index in [1.807, 2.05) is 27.7 Å². The van der Waals surface area contributed by atoms with Crippen molar-refractivity contribution in [2.45, 2.75) is 173 Å². The molecule has 0 aromatic rings. The molecule has 4 aliphatic heterocycles. The highest BCUT2D eigenvalue weighted by atomic mass is 16.6. The molecule has 242 valence electrons. The zero-order valence-electron chi connectivity index (χ0n) is 28.5. The zero-order valence-corrected chi connectivity index (χ0v) is 28.5. The van der Waals surface area contributed by atoms with Gasteiger partial charge in [0.25, 0.3) is 11.8 Å². The van der Waals surface area contributed by atoms with Crippen LogP contribution < -0.4 is 5.32 Å². The summed E-state index contributed by atoms with van der Waals surface area (Å²) in [6, 6.07) is 0. The molecule has 0 bridgehead atoms. The topological polar surface area (TPSA) is 115 Å². The highest BCUT2D eigenvalue weighted by Crippen LogP contribution is 2.52. The summed E-state index contributed by atoms with van der Waals surface area (Å²) in [6.07, 6.45) is 0.529. The molecule has 10 heteroatoms. The van der Waals surface area contributed by atoms with Crippen LogP contribution in [-0.2, 0) is 19.1 Å². The molecule has 4 saturated heterocycles. The van der Waals surface area contributed by atoms with Gasteiger partial charge in [-0.05, 0) is 90.0 Å². The minimum Gasteiger partial charge on any atom is -0.392 e. The van der Waals surface area contributed by atoms with Gasteiger partial charge in [0, 0.05) is 60.9 Å². The lowest BCUT2D eigenvalue weighted by Crippen LogP contribution is -2.69. The number of nitrogens with zero attached hydrogens (tertiary/aromatic N) is 3. The molecule has 4 rings (SSSR count). The summed E-state index contributed by atoms with van der Waals surface area (Å²) < 4.78 is 13.2. The Balaban J connectivity index is 1.53. The third kappa shape index (κ3) is 5.88. The molecule has 0 aliphatic carbocycles. The lowest BCUT2D eigenvalue weighted by atomic mass is 9.70. The van der Waals surface area contributed by atoms with Crippen LogP contribution in [0.2, 0.25) is 0 Å². The van der Waals surface area contributed by atoms with Gasteiger partial charge in [0.2, 0.25) is 0 Å². The van der Waals surface area contributed by atoms with Gasteiger partial charge in [0.05, 0.1) is 18.8 Å². The fraction of sp³-hybridized carbons (Fsp3) is 0.938. The first-order valence-electron chi connectivity index (χ1n) is 15.7. The van der Waals surface area contributed by atoms with Crippen molar-refractivity contribution in [2.24, 2.45) is 0 Å². The highest BCUT2D eigenvalue weighted by Gasteiger charge is 2.65. The van der Waals surface area contributed by atoms with Crippen molar-refractivity contribution in [3.63, 3.8) is 0 Å². The van der Waals surface area contributed by atoms with Crippen molar-refractivity contribution in [1.82, 2.24) is 20.0 Å². The Kier molecular flexibility index (Phi) is 7.88. The number of hydrogen-bond acceptors (Lipinski definition) is 8. The number of β-amino-alcohol motifs (C(OH)–C–C–N with tert-alkyl or cyclic N) is 2. The van der Waals surface area contributed by atoms with Gasteiger partial charge in [0.15, 0.2) is 11.2 Å². The van der Waals surface area contributed by atoms with E-state index in [0.29, 0.717) is 32.2 Å². The molecule has 4 aliphatic rings. The Morgan fingerprint density at radius 3 is 1.45 bits per heavy atom. The van der Waals surface area contributed by atoms with E-state index in [9.17, 15) is 19.8 Å². The molecule has 4 fully saturated rings. The first-order valence-corrected chi connectivity index (χ1v) is 15.7. The van der Waals surface area contributed by atoms with Gasteiger partial charge in [-0.2, -0.15) is 0 Å². The molecule has 2 atom stereocenters. The predicted molar refractivity (Wildman–Crippen MR) is 162 cm³/mol. The van der Waals surface area contributed by atoms with E-state index in [0.717, 1.165) is 0 Å². The fourth-order valence-electron chi connectivity index (χ4n) is 9.39. The van der Waals surface area contributed by atoms with Gasteiger partial charge in [-0.3, -0.25) is 14.5 Å². The van der Waals surface area contributed by atoms with E-state index < -0.39 is 45.9 Å². The van der Waals surface area contributed by atoms with Crippen molar-refractivity contribution in [2.75, 3.05) is 19.6 Å². The summed E-state index contributed by atoms with van der Waals surface area (Å²) in [6.45, 7) is 26.7. The number of nitrogens with one attached hydrogen (secondary N) is 1. The molecule has 3 N–H and O–H groups in total. The summed E-state index contributed by atoms with van der Waals surface area (Å²) in [5.74, 6) is -0.148. The standard InChI is InChI=1S/C32H58N4O6/c1-21(37)14-34-24(40)32(42-29(34,10)11)19-27(6,7)36(28(8,9)20-32)16-22(38)15-35-23(39)31(41-30(35,12)13)17-25(2,3)33-26(4,5)18-31/h21-22,33,37-38H,14-20H2,1-13H3. The molecule has 2 unspecified atom stereocenters. The molecular formula is C32H58N4O6. The van der Waals surface area contributed by atoms with E-state index >= 15 is 0 Å². The number of ether oxygens (including phenoxy) is 2. The van der Waals surface area contributed by atoms with Crippen LogP contribution in [0.4, 0.5) is 0 Å². The Morgan fingerprint density at radius 1 is 0.667 bits per heavy atom. The van der Waals surface area contributed by atoms with E-state index in [1.54, 1.807) is 16.7 Å². The molecule has 0 aromatic heterocycles. The predicted octanol–water partition coefficient (Wildman–Crippen LogP) is 2.99. The molecule has 4 heterocycles. The van der Waals surface area contributed by atoms with Crippen LogP contribution in [0.1, 0.15) is 116 Å². The third-order valence-corrected chi connectivity index (χ3v) is 9.72. The van der Waals surface area contributed by atoms with Crippen LogP contribution in [0.3, 0.4) is 0 Å². The van der Waals surface area contributed by atoms with Crippen LogP contribution in [0.25, 0.3) is 0 Å². The quantitative estimate of drug-likeness (QED) is 0.430. The second-order valence-electron chi connectivity index (χ2n) is 17.3. The second kappa shape index (κ2) is 9.85. The number of aliphatic hydroxyl groups excluding tert-OH is 2. The average molecular weight is 595 g/mol. The van der Waals surface area contributed by atoms with Gasteiger partial charge >= 0.3 is 0 Å². The summed E-state index contributed by atoms with van der Waals surface area (Å²) in [4.78, 5) is 33.6. The van der Waals surface area contributed by atoms with Crippen LogP contribution in [0, 0.1) is 0 Å². The molecule has 0 radical (unpaired) electrons. The maximum Gasteiger partial charge on any atom is 0.257 e. The minimum absolute atomic E-state index is 0.0595. The van der Waals surface area contributed by atoms with Crippen LogP contribution in [0.15, 0.2) is 0 Å². The number of carbonyl (C=O) groups is 2. The number of hydrogen-bond donors (Lipinski definition) is 3. The summed E-state index contributed by atoms with van der Waals surface area (Å²) in [7, 11) is 0. The second-order valence-corrected chi connectivity index (χ2v) is 17.3. The van der Waals surface area contributed by atoms with Gasteiger partial charge in [0.1, 0.15) is 11.4 Å². The number of carbonyl (C=O) groups excluding carboxylic acids is 2. The van der Waals surface area contributed by atoms with Crippen LogP contribution in [-0.4, -0.2) is 113 Å². The molecule has 2 amide bonds. The average Bonchev–Trinajstić information content (AvgIpc) is 3.00. The maximum atomic E-state index is 14.1. The van der Waals surface area contributed by atoms with Crippen molar-refractivity contribution in [1.29, 1.82) is 0 Å². The van der Waals surface area contributed by atoms with Crippen molar-refractivity contribution < 1.29 is 29.3 Å². The van der Waals surface area contributed by atoms with Gasteiger partial charge < -0.3 is 34.8 Å². The molecule has 0 saturated carbocycles. The number of rotatable bonds is 6. The first kappa shape index (κ1) is 33.6. The highest BCUT2D eigenvalue weighted by molar-refractivity contribution is 5.89. The Morgan fingerprint density at radius 2 is 1.05 bits per heavy atom. The third-order valence-electron chi connectivity index (χ3n) is 9.72. The number of piperidine rings is 2. The van der Waals surface area contributed by atoms with Crippen molar-refractivity contribution >= 4 is 11.8 Å². The van der Waals surface area contributed by atoms with Crippen LogP contribution >= 0.6 is 0 Å². The number of likely N-dealkylation sites (tertiary alicyclic amines) is 1. The lowest BCUT2D eigenvalue weighted by molar-refractivity contribution is -0.190. The Bertz CT molecular complexity index is 1060. The minimum atomic E-state index is -1.02. The van der Waals surface area contributed by atoms with E-state index in [-0.39, 0.29) is 36.0 Å². The van der Waals surface area contributed by atoms with Crippen LogP contribution in [0.5, 0.6) is 0 Å². The summed E-state index contributed by atoms with van der Waals surface area (Å²) in [5, 5.41) is 25.3. The molecule has 10 nitrogen and oxygen atoms in total. The Labute approximate surface area is 253 Å². The molecule has 42 heavy (non-hydrogen) atoms. The Hall–Kier alpha value is -1.30. The largest absolute Gasteiger partial charge is 0.392 e. The molecule has 0 aromatic carbocycles. The smallest absolute Gasteiger partial charge is 0.257 e. The monoisotopic (exact) mass is 594 g/mol. The zero-order chi connectivity index (χ0) is 32.1. The molecule has 2 spiro atoms.